The predicted octanol–water partition coefficient (Wildman–Crippen LogP) is 3.57. The first-order valence-corrected chi connectivity index (χ1v) is 14.0. The van der Waals surface area contributed by atoms with Crippen molar-refractivity contribution in [3.05, 3.63) is 71.3 Å². The van der Waals surface area contributed by atoms with Gasteiger partial charge in [-0.15, -0.1) is 0 Å². The minimum atomic E-state index is -1.00. The number of methoxy groups -OCH3 is 6. The molecule has 0 aromatic heterocycles. The number of carboxylic acid groups (broad SMARTS) is 3. The lowest BCUT2D eigenvalue weighted by atomic mass is 9.88. The standard InChI is InChI=1S/3C9H10O4.C6H14O3/c3*1-12-7-3-6(9(10)11)4-8(5-7)13-2;1-2-6(3-7,4-8)5-9/h3*3-5H,1-2H3,(H,10,11);7-9H,2-5H2,1H3. The average molecular weight is 681 g/mol. The summed E-state index contributed by atoms with van der Waals surface area (Å²) in [7, 11) is 8.84. The largest absolute Gasteiger partial charge is 0.497 e. The van der Waals surface area contributed by atoms with E-state index in [0.717, 1.165) is 0 Å². The molecule has 48 heavy (non-hydrogen) atoms. The maximum atomic E-state index is 10.6. The zero-order chi connectivity index (χ0) is 36.9. The first-order chi connectivity index (χ1) is 22.7. The molecule has 15 nitrogen and oxygen atoms in total. The molecule has 0 saturated heterocycles. The van der Waals surface area contributed by atoms with Gasteiger partial charge in [0.2, 0.25) is 0 Å². The number of aliphatic hydroxyl groups is 3. The van der Waals surface area contributed by atoms with Gasteiger partial charge in [0.15, 0.2) is 0 Å². The summed E-state index contributed by atoms with van der Waals surface area (Å²) in [6, 6.07) is 13.5. The maximum Gasteiger partial charge on any atom is 0.335 e. The van der Waals surface area contributed by atoms with Gasteiger partial charge in [0.05, 0.1) is 79.2 Å². The molecule has 0 aliphatic heterocycles. The second kappa shape index (κ2) is 22.3. The molecule has 0 fully saturated rings. The lowest BCUT2D eigenvalue weighted by Gasteiger charge is -2.24. The molecule has 0 saturated carbocycles. The van der Waals surface area contributed by atoms with Gasteiger partial charge in [0.1, 0.15) is 34.5 Å². The van der Waals surface area contributed by atoms with E-state index in [1.165, 1.54) is 79.1 Å². The number of ether oxygens (including phenoxy) is 6. The smallest absolute Gasteiger partial charge is 0.335 e. The molecule has 15 heteroatoms. The molecule has 0 heterocycles. The molecule has 266 valence electrons. The summed E-state index contributed by atoms with van der Waals surface area (Å²) < 4.78 is 29.4. The van der Waals surface area contributed by atoms with Crippen LogP contribution in [-0.4, -0.2) is 111 Å². The molecule has 0 amide bonds. The van der Waals surface area contributed by atoms with Crippen molar-refractivity contribution in [2.75, 3.05) is 62.5 Å². The fourth-order valence-electron chi connectivity index (χ4n) is 3.28. The Balaban J connectivity index is 0.000000620. The van der Waals surface area contributed by atoms with Crippen LogP contribution in [-0.2, 0) is 0 Å². The Hall–Kier alpha value is -5.25. The van der Waals surface area contributed by atoms with E-state index in [1.54, 1.807) is 18.2 Å². The lowest BCUT2D eigenvalue weighted by Crippen LogP contribution is -2.32. The second-order valence-corrected chi connectivity index (χ2v) is 9.55. The number of hydrogen-bond donors (Lipinski definition) is 6. The van der Waals surface area contributed by atoms with Gasteiger partial charge in [-0.05, 0) is 42.8 Å². The van der Waals surface area contributed by atoms with E-state index in [0.29, 0.717) is 40.9 Å². The Morgan fingerprint density at radius 1 is 0.458 bits per heavy atom. The van der Waals surface area contributed by atoms with Gasteiger partial charge in [-0.1, -0.05) is 6.92 Å². The van der Waals surface area contributed by atoms with Crippen molar-refractivity contribution in [3.63, 3.8) is 0 Å². The van der Waals surface area contributed by atoms with Gasteiger partial charge in [0, 0.05) is 23.6 Å². The summed E-state index contributed by atoms with van der Waals surface area (Å²) in [4.78, 5) is 31.9. The van der Waals surface area contributed by atoms with Crippen LogP contribution in [0.25, 0.3) is 0 Å². The predicted molar refractivity (Wildman–Crippen MR) is 173 cm³/mol. The Kier molecular flexibility index (Phi) is 19.9. The van der Waals surface area contributed by atoms with Crippen LogP contribution in [0, 0.1) is 5.41 Å². The SMILES string of the molecule is CCC(CO)(CO)CO.COc1cc(OC)cc(C(=O)O)c1.COc1cc(OC)cc(C(=O)O)c1.COc1cc(OC)cc(C(=O)O)c1. The lowest BCUT2D eigenvalue weighted by molar-refractivity contribution is 0.00303. The van der Waals surface area contributed by atoms with Gasteiger partial charge in [-0.2, -0.15) is 0 Å². The van der Waals surface area contributed by atoms with Crippen molar-refractivity contribution in [3.8, 4) is 34.5 Å². The van der Waals surface area contributed by atoms with Gasteiger partial charge >= 0.3 is 17.9 Å². The summed E-state index contributed by atoms with van der Waals surface area (Å²) in [5, 5.41) is 52.1. The van der Waals surface area contributed by atoms with Crippen molar-refractivity contribution in [2.45, 2.75) is 13.3 Å². The van der Waals surface area contributed by atoms with Gasteiger partial charge in [-0.3, -0.25) is 0 Å². The number of rotatable bonds is 13. The molecule has 0 bridgehead atoms. The van der Waals surface area contributed by atoms with E-state index in [9.17, 15) is 14.4 Å². The third-order valence-electron chi connectivity index (χ3n) is 6.55. The monoisotopic (exact) mass is 680 g/mol. The molecule has 3 aromatic rings. The molecule has 0 atom stereocenters. The van der Waals surface area contributed by atoms with E-state index in [-0.39, 0.29) is 36.5 Å². The highest BCUT2D eigenvalue weighted by molar-refractivity contribution is 5.89. The first-order valence-electron chi connectivity index (χ1n) is 14.0. The van der Waals surface area contributed by atoms with Crippen molar-refractivity contribution in [1.29, 1.82) is 0 Å². The molecular formula is C33H44O15. The number of hydrogen-bond acceptors (Lipinski definition) is 12. The summed E-state index contributed by atoms with van der Waals surface area (Å²) in [5.41, 5.74) is -0.219. The summed E-state index contributed by atoms with van der Waals surface area (Å²) in [6.45, 7) is 1.35. The molecule has 0 unspecified atom stereocenters. The van der Waals surface area contributed by atoms with Crippen LogP contribution in [0.3, 0.4) is 0 Å². The van der Waals surface area contributed by atoms with E-state index in [2.05, 4.69) is 0 Å². The van der Waals surface area contributed by atoms with Crippen LogP contribution < -0.4 is 28.4 Å². The molecule has 0 aliphatic rings. The second-order valence-electron chi connectivity index (χ2n) is 9.55. The molecule has 0 aliphatic carbocycles. The van der Waals surface area contributed by atoms with Crippen molar-refractivity contribution < 1.29 is 73.4 Å². The van der Waals surface area contributed by atoms with Crippen LogP contribution in [0.15, 0.2) is 54.6 Å². The van der Waals surface area contributed by atoms with Crippen LogP contribution in [0.1, 0.15) is 44.4 Å². The van der Waals surface area contributed by atoms with E-state index in [1.807, 2.05) is 6.92 Å². The molecular weight excluding hydrogens is 636 g/mol. The third-order valence-corrected chi connectivity index (χ3v) is 6.55. The van der Waals surface area contributed by atoms with Crippen molar-refractivity contribution in [1.82, 2.24) is 0 Å². The average Bonchev–Trinajstić information content (AvgIpc) is 3.12. The van der Waals surface area contributed by atoms with Crippen molar-refractivity contribution >= 4 is 17.9 Å². The van der Waals surface area contributed by atoms with Gasteiger partial charge < -0.3 is 59.1 Å². The first kappa shape index (κ1) is 42.8. The topological polar surface area (TPSA) is 228 Å². The number of benzene rings is 3. The van der Waals surface area contributed by atoms with Gasteiger partial charge in [0.25, 0.3) is 0 Å². The minimum Gasteiger partial charge on any atom is -0.497 e. The zero-order valence-electron chi connectivity index (χ0n) is 27.9. The van der Waals surface area contributed by atoms with Gasteiger partial charge in [-0.25, -0.2) is 14.4 Å². The fourth-order valence-corrected chi connectivity index (χ4v) is 3.28. The number of aliphatic hydroxyl groups excluding tert-OH is 3. The van der Waals surface area contributed by atoms with Crippen LogP contribution in [0.2, 0.25) is 0 Å². The Bertz CT molecular complexity index is 1190. The Morgan fingerprint density at radius 3 is 0.729 bits per heavy atom. The highest BCUT2D eigenvalue weighted by Crippen LogP contribution is 2.24. The summed E-state index contributed by atoms with van der Waals surface area (Å²) in [5.74, 6) is -0.192. The number of aromatic carboxylic acids is 3. The highest BCUT2D eigenvalue weighted by atomic mass is 16.5. The molecule has 3 rings (SSSR count). The molecule has 0 radical (unpaired) electrons. The highest BCUT2D eigenvalue weighted by Gasteiger charge is 2.24. The Labute approximate surface area is 278 Å². The number of carboxylic acids is 3. The normalized spacial score (nSPS) is 9.88. The van der Waals surface area contributed by atoms with E-state index < -0.39 is 23.3 Å². The fraction of sp³-hybridized carbons (Fsp3) is 0.364. The summed E-state index contributed by atoms with van der Waals surface area (Å²) >= 11 is 0. The minimum absolute atomic E-state index is 0.149. The van der Waals surface area contributed by atoms with Crippen LogP contribution in [0.4, 0.5) is 0 Å². The Morgan fingerprint density at radius 2 is 0.646 bits per heavy atom. The third kappa shape index (κ3) is 14.5. The van der Waals surface area contributed by atoms with E-state index >= 15 is 0 Å². The number of carbonyl (C=O) groups is 3. The zero-order valence-corrected chi connectivity index (χ0v) is 27.9. The molecule has 0 spiro atoms. The maximum absolute atomic E-state index is 10.6. The molecule has 6 N–H and O–H groups in total. The van der Waals surface area contributed by atoms with E-state index in [4.69, 9.17) is 59.1 Å². The van der Waals surface area contributed by atoms with Crippen LogP contribution in [0.5, 0.6) is 34.5 Å². The quantitative estimate of drug-likeness (QED) is 0.152. The molecule has 3 aromatic carbocycles. The van der Waals surface area contributed by atoms with Crippen molar-refractivity contribution in [2.24, 2.45) is 5.41 Å². The van der Waals surface area contributed by atoms with Crippen LogP contribution >= 0.6 is 0 Å². The summed E-state index contributed by atoms with van der Waals surface area (Å²) in [6.07, 6.45) is 0.594.